The van der Waals surface area contributed by atoms with Gasteiger partial charge in [-0.25, -0.2) is 0 Å². The molecule has 0 radical (unpaired) electrons. The largest absolute Gasteiger partial charge is 0.369 e. The van der Waals surface area contributed by atoms with Crippen LogP contribution in [0.1, 0.15) is 21.5 Å². The molecule has 27 heavy (non-hydrogen) atoms. The van der Waals surface area contributed by atoms with Gasteiger partial charge in [-0.05, 0) is 56.8 Å². The van der Waals surface area contributed by atoms with Crippen molar-refractivity contribution in [1.29, 1.82) is 0 Å². The minimum atomic E-state index is -0.446. The summed E-state index contributed by atoms with van der Waals surface area (Å²) in [5, 5.41) is 13.8. The Morgan fingerprint density at radius 3 is 2.33 bits per heavy atom. The van der Waals surface area contributed by atoms with E-state index in [2.05, 4.69) is 28.2 Å². The maximum Gasteiger partial charge on any atom is 0.272 e. The second-order valence-corrected chi connectivity index (χ2v) is 7.00. The zero-order valence-electron chi connectivity index (χ0n) is 15.9. The second-order valence-electron chi connectivity index (χ2n) is 7.00. The van der Waals surface area contributed by atoms with Crippen LogP contribution in [-0.2, 0) is 0 Å². The number of piperazine rings is 1. The lowest BCUT2D eigenvalue weighted by atomic mass is 10.1. The molecule has 1 fully saturated rings. The maximum absolute atomic E-state index is 12.5. The van der Waals surface area contributed by atoms with Crippen molar-refractivity contribution in [3.05, 3.63) is 63.2 Å². The van der Waals surface area contributed by atoms with Gasteiger partial charge in [-0.1, -0.05) is 0 Å². The molecule has 0 aliphatic carbocycles. The highest BCUT2D eigenvalue weighted by atomic mass is 16.6. The molecule has 1 aliphatic heterocycles. The first-order valence-electron chi connectivity index (χ1n) is 8.95. The first-order chi connectivity index (χ1) is 12.8. The van der Waals surface area contributed by atoms with Crippen LogP contribution >= 0.6 is 0 Å². The molecule has 0 unspecified atom stereocenters. The van der Waals surface area contributed by atoms with Crippen molar-refractivity contribution < 1.29 is 9.72 Å². The van der Waals surface area contributed by atoms with Gasteiger partial charge in [0.1, 0.15) is 0 Å². The van der Waals surface area contributed by atoms with E-state index >= 15 is 0 Å². The van der Waals surface area contributed by atoms with E-state index in [1.807, 2.05) is 19.1 Å². The van der Waals surface area contributed by atoms with Crippen LogP contribution in [0.3, 0.4) is 0 Å². The lowest BCUT2D eigenvalue weighted by Crippen LogP contribution is -2.44. The summed E-state index contributed by atoms with van der Waals surface area (Å²) in [6, 6.07) is 10.4. The van der Waals surface area contributed by atoms with Crippen LogP contribution < -0.4 is 10.2 Å². The number of hydrogen-bond donors (Lipinski definition) is 1. The van der Waals surface area contributed by atoms with E-state index in [0.29, 0.717) is 11.1 Å². The van der Waals surface area contributed by atoms with Crippen LogP contribution in [0.5, 0.6) is 0 Å². The number of benzene rings is 2. The molecule has 1 aliphatic rings. The number of anilines is 2. The van der Waals surface area contributed by atoms with Crippen molar-refractivity contribution in [2.45, 2.75) is 13.8 Å². The normalized spacial score (nSPS) is 14.9. The Morgan fingerprint density at radius 1 is 1.04 bits per heavy atom. The predicted molar refractivity (Wildman–Crippen MR) is 107 cm³/mol. The molecular weight excluding hydrogens is 344 g/mol. The summed E-state index contributed by atoms with van der Waals surface area (Å²) in [5.41, 5.74) is 3.77. The molecule has 7 heteroatoms. The molecule has 0 bridgehead atoms. The quantitative estimate of drug-likeness (QED) is 0.662. The summed E-state index contributed by atoms with van der Waals surface area (Å²) < 4.78 is 0. The third-order valence-corrected chi connectivity index (χ3v) is 4.98. The van der Waals surface area contributed by atoms with E-state index < -0.39 is 4.92 Å². The number of nitrogens with one attached hydrogen (secondary N) is 1. The summed E-state index contributed by atoms with van der Waals surface area (Å²) in [5.74, 6) is -0.275. The van der Waals surface area contributed by atoms with Gasteiger partial charge in [-0.3, -0.25) is 14.9 Å². The highest BCUT2D eigenvalue weighted by Gasteiger charge is 2.17. The van der Waals surface area contributed by atoms with Crippen LogP contribution in [0.25, 0.3) is 0 Å². The van der Waals surface area contributed by atoms with Crippen molar-refractivity contribution in [3.63, 3.8) is 0 Å². The molecule has 0 saturated carbocycles. The predicted octanol–water partition coefficient (Wildman–Crippen LogP) is 3.22. The molecule has 1 N–H and O–H groups in total. The molecule has 0 spiro atoms. The highest BCUT2D eigenvalue weighted by molar-refractivity contribution is 6.05. The van der Waals surface area contributed by atoms with Crippen molar-refractivity contribution in [2.75, 3.05) is 43.4 Å². The Bertz CT molecular complexity index is 874. The van der Waals surface area contributed by atoms with Crippen molar-refractivity contribution >= 4 is 23.0 Å². The lowest BCUT2D eigenvalue weighted by molar-refractivity contribution is -0.385. The number of nitro benzene ring substituents is 1. The van der Waals surface area contributed by atoms with Gasteiger partial charge in [0.05, 0.1) is 4.92 Å². The average molecular weight is 368 g/mol. The molecule has 2 aromatic rings. The van der Waals surface area contributed by atoms with E-state index in [-0.39, 0.29) is 11.6 Å². The highest BCUT2D eigenvalue weighted by Crippen LogP contribution is 2.25. The van der Waals surface area contributed by atoms with Gasteiger partial charge in [-0.15, -0.1) is 0 Å². The number of nitro groups is 1. The smallest absolute Gasteiger partial charge is 0.272 e. The summed E-state index contributed by atoms with van der Waals surface area (Å²) in [6.07, 6.45) is 0. The Hall–Kier alpha value is -2.93. The molecule has 1 heterocycles. The lowest BCUT2D eigenvalue weighted by Gasteiger charge is -2.34. The zero-order valence-corrected chi connectivity index (χ0v) is 15.9. The van der Waals surface area contributed by atoms with Crippen LogP contribution in [0.15, 0.2) is 36.4 Å². The van der Waals surface area contributed by atoms with Crippen molar-refractivity contribution in [2.24, 2.45) is 0 Å². The maximum atomic E-state index is 12.5. The number of rotatable bonds is 4. The average Bonchev–Trinajstić information content (AvgIpc) is 2.63. The van der Waals surface area contributed by atoms with E-state index in [4.69, 9.17) is 0 Å². The number of carbonyl (C=O) groups is 1. The van der Waals surface area contributed by atoms with Gasteiger partial charge < -0.3 is 15.1 Å². The topological polar surface area (TPSA) is 78.7 Å². The molecular formula is C20H24N4O3. The summed E-state index contributed by atoms with van der Waals surface area (Å²) in [7, 11) is 2.13. The molecule has 0 aromatic heterocycles. The molecule has 142 valence electrons. The van der Waals surface area contributed by atoms with Gasteiger partial charge in [0, 0.05) is 54.7 Å². The number of nitrogens with zero attached hydrogens (tertiary/aromatic N) is 3. The molecule has 3 rings (SSSR count). The number of amides is 1. The molecule has 7 nitrogen and oxygen atoms in total. The fourth-order valence-corrected chi connectivity index (χ4v) is 3.25. The van der Waals surface area contributed by atoms with Crippen molar-refractivity contribution in [3.8, 4) is 0 Å². The molecule has 1 amide bonds. The second kappa shape index (κ2) is 7.75. The van der Waals surface area contributed by atoms with Gasteiger partial charge in [0.25, 0.3) is 11.6 Å². The Kier molecular flexibility index (Phi) is 5.41. The van der Waals surface area contributed by atoms with E-state index in [1.165, 1.54) is 12.1 Å². The fraction of sp³-hybridized carbons (Fsp3) is 0.350. The van der Waals surface area contributed by atoms with Gasteiger partial charge in [-0.2, -0.15) is 0 Å². The van der Waals surface area contributed by atoms with Crippen LogP contribution in [0, 0.1) is 24.0 Å². The van der Waals surface area contributed by atoms with Gasteiger partial charge in [0.2, 0.25) is 0 Å². The van der Waals surface area contributed by atoms with Crippen LogP contribution in [-0.4, -0.2) is 49.0 Å². The minimum absolute atomic E-state index is 0.0132. The van der Waals surface area contributed by atoms with Crippen molar-refractivity contribution in [1.82, 2.24) is 4.90 Å². The van der Waals surface area contributed by atoms with Gasteiger partial charge >= 0.3 is 0 Å². The van der Waals surface area contributed by atoms with Crippen LogP contribution in [0.2, 0.25) is 0 Å². The first-order valence-corrected chi connectivity index (χ1v) is 8.95. The first kappa shape index (κ1) is 18.8. The summed E-state index contributed by atoms with van der Waals surface area (Å²) in [6.45, 7) is 7.66. The Labute approximate surface area is 158 Å². The third-order valence-electron chi connectivity index (χ3n) is 4.98. The molecule has 2 aromatic carbocycles. The summed E-state index contributed by atoms with van der Waals surface area (Å²) in [4.78, 5) is 27.7. The van der Waals surface area contributed by atoms with E-state index in [1.54, 1.807) is 13.0 Å². The third kappa shape index (κ3) is 4.25. The van der Waals surface area contributed by atoms with Crippen LogP contribution in [0.4, 0.5) is 17.1 Å². The Balaban J connectivity index is 1.73. The monoisotopic (exact) mass is 368 g/mol. The number of hydrogen-bond acceptors (Lipinski definition) is 5. The van der Waals surface area contributed by atoms with Gasteiger partial charge in [0.15, 0.2) is 0 Å². The molecule has 0 atom stereocenters. The standard InChI is InChI=1S/C20H24N4O3/c1-14-13-17(23-10-8-22(3)9-11-23)5-6-18(14)21-20(25)16-4-7-19(24(26)27)15(2)12-16/h4-7,12-13H,8-11H2,1-3H3,(H,21,25). The SMILES string of the molecule is Cc1cc(N2CCN(C)CC2)ccc1NC(=O)c1ccc([N+](=O)[O-])c(C)c1. The minimum Gasteiger partial charge on any atom is -0.369 e. The number of carbonyl (C=O) groups excluding carboxylic acids is 1. The molecule has 1 saturated heterocycles. The number of aryl methyl sites for hydroxylation is 2. The zero-order chi connectivity index (χ0) is 19.6. The van der Waals surface area contributed by atoms with E-state index in [9.17, 15) is 14.9 Å². The number of likely N-dealkylation sites (N-methyl/N-ethyl adjacent to an activating group) is 1. The summed E-state index contributed by atoms with van der Waals surface area (Å²) >= 11 is 0. The Morgan fingerprint density at radius 2 is 1.74 bits per heavy atom. The fourth-order valence-electron chi connectivity index (χ4n) is 3.25. The van der Waals surface area contributed by atoms with E-state index in [0.717, 1.165) is 43.1 Å².